The number of hydrogen-bond donors (Lipinski definition) is 4. The molecule has 1 spiro atoms. The van der Waals surface area contributed by atoms with Gasteiger partial charge in [0, 0.05) is 19.4 Å². The summed E-state index contributed by atoms with van der Waals surface area (Å²) in [6.07, 6.45) is 3.71. The van der Waals surface area contributed by atoms with Crippen molar-refractivity contribution in [2.45, 2.75) is 36.3 Å². The second-order valence-electron chi connectivity index (χ2n) is 7.97. The van der Waals surface area contributed by atoms with E-state index in [0.29, 0.717) is 41.9 Å². The number of benzene rings is 1. The highest BCUT2D eigenvalue weighted by atomic mass is 16.3. The van der Waals surface area contributed by atoms with E-state index < -0.39 is 17.1 Å². The third kappa shape index (κ3) is 1.93. The SMILES string of the molecule is O=C1CC=C2[C@@H]3N1c1c(O)cccc1[C@@]31CCNC/C(=C/CO)[C@]2(O)CC1=O. The highest BCUT2D eigenvalue weighted by Crippen LogP contribution is 2.60. The number of para-hydroxylation sites is 1. The number of nitrogens with zero attached hydrogens (tertiary/aromatic N) is 1. The molecule has 1 amide bonds. The van der Waals surface area contributed by atoms with Crippen LogP contribution in [0.3, 0.4) is 0 Å². The number of aliphatic hydroxyl groups excluding tert-OH is 1. The van der Waals surface area contributed by atoms with E-state index in [4.69, 9.17) is 0 Å². The van der Waals surface area contributed by atoms with Gasteiger partial charge in [-0.3, -0.25) is 14.5 Å². The third-order valence-electron chi connectivity index (χ3n) is 6.79. The number of phenols is 1. The van der Waals surface area contributed by atoms with Crippen molar-refractivity contribution in [3.8, 4) is 5.75 Å². The largest absolute Gasteiger partial charge is 0.506 e. The minimum absolute atomic E-state index is 0.0339. The lowest BCUT2D eigenvalue weighted by atomic mass is 9.57. The van der Waals surface area contributed by atoms with Gasteiger partial charge in [0.2, 0.25) is 5.91 Å². The summed E-state index contributed by atoms with van der Waals surface area (Å²) in [5, 5.41) is 35.0. The summed E-state index contributed by atoms with van der Waals surface area (Å²) in [4.78, 5) is 28.0. The van der Waals surface area contributed by atoms with Crippen LogP contribution in [0, 0.1) is 0 Å². The number of amides is 1. The van der Waals surface area contributed by atoms with Gasteiger partial charge in [0.25, 0.3) is 0 Å². The van der Waals surface area contributed by atoms with Crippen LogP contribution in [-0.4, -0.2) is 58.3 Å². The zero-order chi connectivity index (χ0) is 19.7. The molecule has 4 aliphatic rings. The second kappa shape index (κ2) is 5.76. The molecule has 1 aromatic carbocycles. The Kier molecular flexibility index (Phi) is 3.62. The number of aromatic hydroxyl groups is 1. The summed E-state index contributed by atoms with van der Waals surface area (Å²) in [7, 11) is 0. The zero-order valence-corrected chi connectivity index (χ0v) is 15.3. The van der Waals surface area contributed by atoms with Crippen molar-refractivity contribution in [3.05, 3.63) is 47.1 Å². The molecule has 1 aromatic rings. The third-order valence-corrected chi connectivity index (χ3v) is 6.79. The highest BCUT2D eigenvalue weighted by molar-refractivity contribution is 6.09. The van der Waals surface area contributed by atoms with Gasteiger partial charge in [-0.05, 0) is 35.7 Å². The molecule has 5 rings (SSSR count). The number of rotatable bonds is 1. The number of carbonyl (C=O) groups is 2. The van der Waals surface area contributed by atoms with Gasteiger partial charge in [0.05, 0.1) is 23.8 Å². The van der Waals surface area contributed by atoms with Crippen molar-refractivity contribution in [2.75, 3.05) is 24.6 Å². The second-order valence-corrected chi connectivity index (χ2v) is 7.97. The first-order valence-electron chi connectivity index (χ1n) is 9.57. The Morgan fingerprint density at radius 1 is 1.32 bits per heavy atom. The molecule has 3 atom stereocenters. The van der Waals surface area contributed by atoms with E-state index in [1.165, 1.54) is 11.0 Å². The number of fused-ring (bicyclic) bond motifs is 5. The van der Waals surface area contributed by atoms with Gasteiger partial charge in [-0.1, -0.05) is 24.3 Å². The fraction of sp³-hybridized carbons (Fsp3) is 0.429. The number of phenolic OH excluding ortho intramolecular Hbond substituents is 1. The van der Waals surface area contributed by atoms with E-state index in [1.807, 2.05) is 6.07 Å². The first-order chi connectivity index (χ1) is 13.4. The molecule has 7 nitrogen and oxygen atoms in total. The van der Waals surface area contributed by atoms with Crippen molar-refractivity contribution >= 4 is 17.4 Å². The van der Waals surface area contributed by atoms with E-state index in [1.54, 1.807) is 18.2 Å². The van der Waals surface area contributed by atoms with Gasteiger partial charge in [-0.2, -0.15) is 0 Å². The number of ketones is 1. The summed E-state index contributed by atoms with van der Waals surface area (Å²) in [5.74, 6) is -0.377. The molecule has 2 fully saturated rings. The average molecular weight is 382 g/mol. The molecular weight excluding hydrogens is 360 g/mol. The summed E-state index contributed by atoms with van der Waals surface area (Å²) in [5.41, 5.74) is -0.354. The van der Waals surface area contributed by atoms with Crippen LogP contribution in [0.15, 0.2) is 41.5 Å². The van der Waals surface area contributed by atoms with Crippen LogP contribution in [-0.2, 0) is 15.0 Å². The van der Waals surface area contributed by atoms with E-state index in [2.05, 4.69) is 5.32 Å². The predicted octanol–water partition coefficient (Wildman–Crippen LogP) is 0.291. The molecule has 3 heterocycles. The Hall–Kier alpha value is -2.48. The Morgan fingerprint density at radius 2 is 2.14 bits per heavy atom. The summed E-state index contributed by atoms with van der Waals surface area (Å²) in [6, 6.07) is 4.36. The van der Waals surface area contributed by atoms with E-state index in [9.17, 15) is 24.9 Å². The molecule has 1 aliphatic carbocycles. The van der Waals surface area contributed by atoms with Crippen LogP contribution in [0.25, 0.3) is 0 Å². The number of Topliss-reactive ketones (excluding diaryl/α,β-unsaturated/α-hetero) is 1. The lowest BCUT2D eigenvalue weighted by Gasteiger charge is -2.50. The van der Waals surface area contributed by atoms with Crippen molar-refractivity contribution in [3.63, 3.8) is 0 Å². The predicted molar refractivity (Wildman–Crippen MR) is 101 cm³/mol. The van der Waals surface area contributed by atoms with Gasteiger partial charge in [0.15, 0.2) is 0 Å². The average Bonchev–Trinajstić information content (AvgIpc) is 3.00. The fourth-order valence-electron chi connectivity index (χ4n) is 5.63. The van der Waals surface area contributed by atoms with Crippen LogP contribution in [0.2, 0.25) is 0 Å². The number of aliphatic hydroxyl groups is 2. The van der Waals surface area contributed by atoms with Crippen LogP contribution < -0.4 is 10.2 Å². The molecule has 7 heteroatoms. The maximum Gasteiger partial charge on any atom is 0.231 e. The molecule has 0 unspecified atom stereocenters. The molecule has 0 aromatic heterocycles. The molecule has 3 aliphatic heterocycles. The Bertz CT molecular complexity index is 968. The Labute approximate surface area is 162 Å². The van der Waals surface area contributed by atoms with Gasteiger partial charge in [-0.25, -0.2) is 0 Å². The van der Waals surface area contributed by atoms with E-state index in [-0.39, 0.29) is 36.9 Å². The van der Waals surface area contributed by atoms with Gasteiger partial charge in [0.1, 0.15) is 17.1 Å². The smallest absolute Gasteiger partial charge is 0.231 e. The normalized spacial score (nSPS) is 35.2. The fourth-order valence-corrected chi connectivity index (χ4v) is 5.63. The Balaban J connectivity index is 1.85. The van der Waals surface area contributed by atoms with Crippen LogP contribution in [0.1, 0.15) is 24.8 Å². The topological polar surface area (TPSA) is 110 Å². The number of anilines is 1. The standard InChI is InChI=1S/C21H22N2O5/c24-9-6-12-11-22-8-7-20-13-2-1-3-15(25)18(13)23-17(27)5-4-14(19(20)23)21(12,28)10-16(20)26/h1-4,6,19,22,24-25,28H,5,7-11H2/b12-6-/t19-,20+,21+/m0/s1. The van der Waals surface area contributed by atoms with Gasteiger partial charge in [-0.15, -0.1) is 0 Å². The first kappa shape index (κ1) is 17.6. The summed E-state index contributed by atoms with van der Waals surface area (Å²) < 4.78 is 0. The van der Waals surface area contributed by atoms with Crippen molar-refractivity contribution < 1.29 is 24.9 Å². The minimum Gasteiger partial charge on any atom is -0.506 e. The lowest BCUT2D eigenvalue weighted by Crippen LogP contribution is -2.63. The van der Waals surface area contributed by atoms with E-state index in [0.717, 1.165) is 0 Å². The molecule has 28 heavy (non-hydrogen) atoms. The van der Waals surface area contributed by atoms with Crippen molar-refractivity contribution in [1.29, 1.82) is 0 Å². The zero-order valence-electron chi connectivity index (χ0n) is 15.3. The molecule has 4 N–H and O–H groups in total. The maximum absolute atomic E-state index is 13.6. The molecule has 1 saturated carbocycles. The molecule has 0 radical (unpaired) electrons. The molecule has 1 saturated heterocycles. The van der Waals surface area contributed by atoms with E-state index >= 15 is 0 Å². The van der Waals surface area contributed by atoms with Crippen LogP contribution >= 0.6 is 0 Å². The first-order valence-corrected chi connectivity index (χ1v) is 9.57. The lowest BCUT2D eigenvalue weighted by molar-refractivity contribution is -0.131. The molecule has 2 bridgehead atoms. The van der Waals surface area contributed by atoms with Gasteiger partial charge < -0.3 is 20.6 Å². The van der Waals surface area contributed by atoms with Crippen molar-refractivity contribution in [2.24, 2.45) is 0 Å². The summed E-state index contributed by atoms with van der Waals surface area (Å²) >= 11 is 0. The number of hydrogen-bond acceptors (Lipinski definition) is 6. The number of nitrogens with one attached hydrogen (secondary N) is 1. The summed E-state index contributed by atoms with van der Waals surface area (Å²) in [6.45, 7) is 0.608. The highest BCUT2D eigenvalue weighted by Gasteiger charge is 2.66. The monoisotopic (exact) mass is 382 g/mol. The quantitative estimate of drug-likeness (QED) is 0.520. The van der Waals surface area contributed by atoms with Crippen LogP contribution in [0.5, 0.6) is 5.75 Å². The Morgan fingerprint density at radius 3 is 2.93 bits per heavy atom. The van der Waals surface area contributed by atoms with Gasteiger partial charge >= 0.3 is 0 Å². The molecule has 146 valence electrons. The number of carbonyl (C=O) groups excluding carboxylic acids is 2. The molecular formula is C21H22N2O5. The van der Waals surface area contributed by atoms with Crippen molar-refractivity contribution in [1.82, 2.24) is 5.32 Å². The van der Waals surface area contributed by atoms with Crippen LogP contribution in [0.4, 0.5) is 5.69 Å². The maximum atomic E-state index is 13.6. The minimum atomic E-state index is -1.55.